The van der Waals surface area contributed by atoms with Crippen molar-refractivity contribution in [3.63, 3.8) is 0 Å². The molecule has 0 aliphatic carbocycles. The van der Waals surface area contributed by atoms with Gasteiger partial charge in [-0.05, 0) is 24.5 Å². The normalized spacial score (nSPS) is 10.7. The Bertz CT molecular complexity index is 316. The zero-order valence-electron chi connectivity index (χ0n) is 8.89. The number of nitrogen functional groups attached to an aromatic ring is 1. The van der Waals surface area contributed by atoms with Gasteiger partial charge in [-0.3, -0.25) is 0 Å². The van der Waals surface area contributed by atoms with Gasteiger partial charge in [-0.25, -0.2) is 0 Å². The molecule has 0 aromatic heterocycles. The minimum Gasteiger partial charge on any atom is -0.490 e. The van der Waals surface area contributed by atoms with E-state index >= 15 is 0 Å². The zero-order chi connectivity index (χ0) is 11.4. The Morgan fingerprint density at radius 1 is 1.27 bits per heavy atom. The first-order valence-electron chi connectivity index (χ1n) is 4.88. The van der Waals surface area contributed by atoms with Crippen molar-refractivity contribution in [3.05, 3.63) is 22.2 Å². The molecule has 0 radical (unpaired) electrons. The molecule has 2 N–H and O–H groups in total. The lowest BCUT2D eigenvalue weighted by atomic mass is 10.1. The molecule has 0 saturated carbocycles. The third-order valence-corrected chi connectivity index (χ3v) is 2.52. The van der Waals surface area contributed by atoms with Gasteiger partial charge in [0.05, 0.1) is 16.7 Å². The van der Waals surface area contributed by atoms with Crippen LogP contribution in [0.2, 0.25) is 10.0 Å². The molecule has 0 heterocycles. The summed E-state index contributed by atoms with van der Waals surface area (Å²) < 4.78 is 5.51. The van der Waals surface area contributed by atoms with Crippen LogP contribution < -0.4 is 10.5 Å². The summed E-state index contributed by atoms with van der Waals surface area (Å²) in [5.41, 5.74) is 6.12. The van der Waals surface area contributed by atoms with E-state index in [0.717, 1.165) is 6.42 Å². The highest BCUT2D eigenvalue weighted by molar-refractivity contribution is 6.37. The lowest BCUT2D eigenvalue weighted by Crippen LogP contribution is -2.02. The standard InChI is InChI=1S/C11H15Cl2NO/c1-7(2)3-4-15-11-9(12)5-8(14)6-10(11)13/h5-7H,3-4,14H2,1-2H3. The van der Waals surface area contributed by atoms with Crippen molar-refractivity contribution in [3.8, 4) is 5.75 Å². The number of ether oxygens (including phenoxy) is 1. The predicted octanol–water partition coefficient (Wildman–Crippen LogP) is 4.00. The van der Waals surface area contributed by atoms with E-state index in [4.69, 9.17) is 33.7 Å². The lowest BCUT2D eigenvalue weighted by Gasteiger charge is -2.11. The second-order valence-corrected chi connectivity index (χ2v) is 4.66. The summed E-state index contributed by atoms with van der Waals surface area (Å²) >= 11 is 11.9. The molecule has 0 amide bonds. The topological polar surface area (TPSA) is 35.2 Å². The number of benzene rings is 1. The summed E-state index contributed by atoms with van der Waals surface area (Å²) in [7, 11) is 0. The predicted molar refractivity (Wildman–Crippen MR) is 65.8 cm³/mol. The average Bonchev–Trinajstić information content (AvgIpc) is 2.08. The maximum atomic E-state index is 5.96. The minimum atomic E-state index is 0.462. The third kappa shape index (κ3) is 3.80. The van der Waals surface area contributed by atoms with E-state index in [1.807, 2.05) is 0 Å². The van der Waals surface area contributed by atoms with Crippen LogP contribution in [0.25, 0.3) is 0 Å². The lowest BCUT2D eigenvalue weighted by molar-refractivity contribution is 0.290. The molecule has 0 saturated heterocycles. The van der Waals surface area contributed by atoms with Crippen molar-refractivity contribution >= 4 is 28.9 Å². The Morgan fingerprint density at radius 3 is 2.27 bits per heavy atom. The van der Waals surface area contributed by atoms with E-state index in [2.05, 4.69) is 13.8 Å². The monoisotopic (exact) mass is 247 g/mol. The van der Waals surface area contributed by atoms with Gasteiger partial charge in [-0.1, -0.05) is 37.0 Å². The molecule has 4 heteroatoms. The van der Waals surface area contributed by atoms with Crippen LogP contribution in [0.4, 0.5) is 5.69 Å². The summed E-state index contributed by atoms with van der Waals surface area (Å²) in [5.74, 6) is 1.12. The highest BCUT2D eigenvalue weighted by Gasteiger charge is 2.08. The molecule has 0 aliphatic rings. The van der Waals surface area contributed by atoms with Gasteiger partial charge in [0.25, 0.3) is 0 Å². The summed E-state index contributed by atoms with van der Waals surface area (Å²) in [5, 5.41) is 0.924. The quantitative estimate of drug-likeness (QED) is 0.817. The van der Waals surface area contributed by atoms with Gasteiger partial charge < -0.3 is 10.5 Å². The molecule has 0 fully saturated rings. The number of halogens is 2. The van der Waals surface area contributed by atoms with Crippen molar-refractivity contribution in [2.24, 2.45) is 5.92 Å². The van der Waals surface area contributed by atoms with Crippen molar-refractivity contribution in [1.82, 2.24) is 0 Å². The molecule has 0 atom stereocenters. The first kappa shape index (κ1) is 12.5. The number of hydrogen-bond acceptors (Lipinski definition) is 2. The van der Waals surface area contributed by atoms with Gasteiger partial charge in [0.15, 0.2) is 5.75 Å². The maximum Gasteiger partial charge on any atom is 0.156 e. The van der Waals surface area contributed by atoms with Gasteiger partial charge in [-0.2, -0.15) is 0 Å². The van der Waals surface area contributed by atoms with E-state index in [0.29, 0.717) is 34.0 Å². The van der Waals surface area contributed by atoms with Crippen molar-refractivity contribution in [2.75, 3.05) is 12.3 Å². The van der Waals surface area contributed by atoms with Crippen LogP contribution in [0.15, 0.2) is 12.1 Å². The second kappa shape index (κ2) is 5.47. The van der Waals surface area contributed by atoms with Crippen molar-refractivity contribution in [1.29, 1.82) is 0 Å². The molecule has 1 aromatic rings. The van der Waals surface area contributed by atoms with E-state index in [9.17, 15) is 0 Å². The summed E-state index contributed by atoms with van der Waals surface area (Å²) in [6.45, 7) is 4.88. The van der Waals surface area contributed by atoms with E-state index < -0.39 is 0 Å². The average molecular weight is 248 g/mol. The molecular formula is C11H15Cl2NO. The molecule has 2 nitrogen and oxygen atoms in total. The van der Waals surface area contributed by atoms with E-state index in [-0.39, 0.29) is 0 Å². The molecule has 1 aromatic carbocycles. The fourth-order valence-corrected chi connectivity index (χ4v) is 1.73. The molecule has 15 heavy (non-hydrogen) atoms. The number of anilines is 1. The Morgan fingerprint density at radius 2 is 1.80 bits per heavy atom. The van der Waals surface area contributed by atoms with Crippen LogP contribution in [0.5, 0.6) is 5.75 Å². The zero-order valence-corrected chi connectivity index (χ0v) is 10.4. The summed E-state index contributed by atoms with van der Waals surface area (Å²) in [6.07, 6.45) is 0.969. The van der Waals surface area contributed by atoms with Gasteiger partial charge in [-0.15, -0.1) is 0 Å². The Kier molecular flexibility index (Phi) is 4.55. The first-order chi connectivity index (χ1) is 7.00. The second-order valence-electron chi connectivity index (χ2n) is 3.84. The molecular weight excluding hydrogens is 233 g/mol. The highest BCUT2D eigenvalue weighted by Crippen LogP contribution is 2.35. The Hall–Kier alpha value is -0.600. The minimum absolute atomic E-state index is 0.462. The van der Waals surface area contributed by atoms with Crippen LogP contribution in [-0.2, 0) is 0 Å². The fourth-order valence-electron chi connectivity index (χ4n) is 1.11. The van der Waals surface area contributed by atoms with Crippen LogP contribution in [0.1, 0.15) is 20.3 Å². The van der Waals surface area contributed by atoms with E-state index in [1.54, 1.807) is 12.1 Å². The van der Waals surface area contributed by atoms with Gasteiger partial charge >= 0.3 is 0 Å². The van der Waals surface area contributed by atoms with Gasteiger partial charge in [0.1, 0.15) is 0 Å². The molecule has 84 valence electrons. The number of nitrogens with two attached hydrogens (primary N) is 1. The number of rotatable bonds is 4. The molecule has 0 bridgehead atoms. The summed E-state index contributed by atoms with van der Waals surface area (Å²) in [4.78, 5) is 0. The van der Waals surface area contributed by atoms with Crippen molar-refractivity contribution in [2.45, 2.75) is 20.3 Å². The largest absolute Gasteiger partial charge is 0.490 e. The smallest absolute Gasteiger partial charge is 0.156 e. The SMILES string of the molecule is CC(C)CCOc1c(Cl)cc(N)cc1Cl. The third-order valence-electron chi connectivity index (χ3n) is 1.96. The number of hydrogen-bond donors (Lipinski definition) is 1. The van der Waals surface area contributed by atoms with Gasteiger partial charge in [0.2, 0.25) is 0 Å². The van der Waals surface area contributed by atoms with Crippen LogP contribution in [0.3, 0.4) is 0 Å². The Labute approximate surface area is 100 Å². The first-order valence-corrected chi connectivity index (χ1v) is 5.63. The van der Waals surface area contributed by atoms with E-state index in [1.165, 1.54) is 0 Å². The Balaban J connectivity index is 2.68. The molecule has 0 aliphatic heterocycles. The van der Waals surface area contributed by atoms with Crippen LogP contribution >= 0.6 is 23.2 Å². The van der Waals surface area contributed by atoms with Crippen molar-refractivity contribution < 1.29 is 4.74 Å². The fraction of sp³-hybridized carbons (Fsp3) is 0.455. The summed E-state index contributed by atoms with van der Waals surface area (Å²) in [6, 6.07) is 3.27. The molecule has 0 unspecified atom stereocenters. The maximum absolute atomic E-state index is 5.96. The van der Waals surface area contributed by atoms with Crippen LogP contribution in [-0.4, -0.2) is 6.61 Å². The molecule has 0 spiro atoms. The van der Waals surface area contributed by atoms with Gasteiger partial charge in [0, 0.05) is 5.69 Å². The highest BCUT2D eigenvalue weighted by atomic mass is 35.5. The van der Waals surface area contributed by atoms with Crippen LogP contribution in [0, 0.1) is 5.92 Å². The molecule has 1 rings (SSSR count).